The smallest absolute Gasteiger partial charge is 0.313 e. The predicted molar refractivity (Wildman–Crippen MR) is 79.6 cm³/mol. The second kappa shape index (κ2) is 6.55. The fraction of sp³-hybridized carbons (Fsp3) is 0.500. The average molecular weight is 274 g/mol. The summed E-state index contributed by atoms with van der Waals surface area (Å²) in [7, 11) is 0. The molecular weight excluding hydrogens is 252 g/mol. The molecule has 4 heteroatoms. The number of carbonyl (C=O) groups is 2. The van der Waals surface area contributed by atoms with E-state index in [1.54, 1.807) is 0 Å². The molecule has 0 bridgehead atoms. The Labute approximate surface area is 119 Å². The molecule has 0 spiro atoms. The fourth-order valence-electron chi connectivity index (χ4n) is 2.73. The van der Waals surface area contributed by atoms with Gasteiger partial charge in [0.2, 0.25) is 0 Å². The minimum Gasteiger partial charge on any atom is -0.345 e. The second-order valence-corrected chi connectivity index (χ2v) is 5.64. The van der Waals surface area contributed by atoms with Gasteiger partial charge in [0.05, 0.1) is 0 Å². The molecule has 2 amide bonds. The van der Waals surface area contributed by atoms with Gasteiger partial charge in [-0.1, -0.05) is 25.3 Å². The Balaban J connectivity index is 1.91. The minimum atomic E-state index is -0.583. The van der Waals surface area contributed by atoms with Gasteiger partial charge in [-0.15, -0.1) is 0 Å². The molecule has 1 fully saturated rings. The van der Waals surface area contributed by atoms with Gasteiger partial charge >= 0.3 is 11.8 Å². The molecule has 0 aliphatic heterocycles. The highest BCUT2D eigenvalue weighted by atomic mass is 16.2. The molecule has 108 valence electrons. The average Bonchev–Trinajstić information content (AvgIpc) is 2.38. The Morgan fingerprint density at radius 1 is 0.950 bits per heavy atom. The number of amides is 2. The maximum absolute atomic E-state index is 11.9. The summed E-state index contributed by atoms with van der Waals surface area (Å²) in [6.07, 6.45) is 5.43. The van der Waals surface area contributed by atoms with E-state index >= 15 is 0 Å². The van der Waals surface area contributed by atoms with Crippen LogP contribution in [-0.4, -0.2) is 17.9 Å². The third kappa shape index (κ3) is 4.08. The molecule has 1 aromatic carbocycles. The molecule has 0 unspecified atom stereocenters. The maximum Gasteiger partial charge on any atom is 0.313 e. The van der Waals surface area contributed by atoms with E-state index in [9.17, 15) is 9.59 Å². The Bertz CT molecular complexity index is 485. The number of rotatable bonds is 2. The van der Waals surface area contributed by atoms with Crippen molar-refractivity contribution in [1.82, 2.24) is 5.32 Å². The molecule has 0 radical (unpaired) electrons. The van der Waals surface area contributed by atoms with E-state index in [4.69, 9.17) is 0 Å². The lowest BCUT2D eigenvalue weighted by Gasteiger charge is -2.22. The lowest BCUT2D eigenvalue weighted by Crippen LogP contribution is -2.42. The van der Waals surface area contributed by atoms with E-state index < -0.39 is 11.8 Å². The molecule has 20 heavy (non-hydrogen) atoms. The van der Waals surface area contributed by atoms with Crippen molar-refractivity contribution < 1.29 is 9.59 Å². The molecule has 1 aliphatic carbocycles. The molecule has 0 heterocycles. The van der Waals surface area contributed by atoms with Crippen LogP contribution in [-0.2, 0) is 9.59 Å². The van der Waals surface area contributed by atoms with Crippen LogP contribution < -0.4 is 10.6 Å². The summed E-state index contributed by atoms with van der Waals surface area (Å²) in [6, 6.07) is 5.90. The van der Waals surface area contributed by atoms with Crippen molar-refractivity contribution in [2.75, 3.05) is 5.32 Å². The first kappa shape index (κ1) is 14.6. The Morgan fingerprint density at radius 3 is 2.15 bits per heavy atom. The van der Waals surface area contributed by atoms with Crippen LogP contribution in [0.5, 0.6) is 0 Å². The summed E-state index contributed by atoms with van der Waals surface area (Å²) < 4.78 is 0. The topological polar surface area (TPSA) is 58.2 Å². The SMILES string of the molecule is Cc1cc(C)cc(NC(=O)C(=O)NC2CCCCC2)c1. The minimum absolute atomic E-state index is 0.154. The molecule has 1 aliphatic rings. The Hall–Kier alpha value is -1.84. The van der Waals surface area contributed by atoms with Crippen LogP contribution in [0.3, 0.4) is 0 Å². The van der Waals surface area contributed by atoms with Crippen LogP contribution >= 0.6 is 0 Å². The van der Waals surface area contributed by atoms with Crippen molar-refractivity contribution in [2.45, 2.75) is 52.0 Å². The number of anilines is 1. The number of aryl methyl sites for hydroxylation is 2. The van der Waals surface area contributed by atoms with E-state index in [2.05, 4.69) is 10.6 Å². The Kier molecular flexibility index (Phi) is 4.77. The second-order valence-electron chi connectivity index (χ2n) is 5.64. The highest BCUT2D eigenvalue weighted by Gasteiger charge is 2.20. The van der Waals surface area contributed by atoms with E-state index in [0.717, 1.165) is 36.8 Å². The molecule has 2 rings (SSSR count). The molecule has 0 saturated heterocycles. The first-order valence-electron chi connectivity index (χ1n) is 7.25. The Morgan fingerprint density at radius 2 is 1.55 bits per heavy atom. The standard InChI is InChI=1S/C16H22N2O2/c1-11-8-12(2)10-14(9-11)18-16(20)15(19)17-13-6-4-3-5-7-13/h8-10,13H,3-7H2,1-2H3,(H,17,19)(H,18,20). The summed E-state index contributed by atoms with van der Waals surface area (Å²) in [5.41, 5.74) is 2.80. The lowest BCUT2D eigenvalue weighted by atomic mass is 9.95. The van der Waals surface area contributed by atoms with Crippen molar-refractivity contribution in [3.63, 3.8) is 0 Å². The zero-order valence-electron chi connectivity index (χ0n) is 12.2. The van der Waals surface area contributed by atoms with Crippen molar-refractivity contribution in [1.29, 1.82) is 0 Å². The third-order valence-electron chi connectivity index (χ3n) is 3.63. The zero-order chi connectivity index (χ0) is 14.5. The molecule has 0 aromatic heterocycles. The van der Waals surface area contributed by atoms with E-state index in [1.165, 1.54) is 6.42 Å². The molecule has 1 saturated carbocycles. The summed E-state index contributed by atoms with van der Waals surface area (Å²) in [5, 5.41) is 5.48. The van der Waals surface area contributed by atoms with E-state index in [-0.39, 0.29) is 6.04 Å². The van der Waals surface area contributed by atoms with Gasteiger partial charge in [0.1, 0.15) is 0 Å². The summed E-state index contributed by atoms with van der Waals surface area (Å²) >= 11 is 0. The van der Waals surface area contributed by atoms with Crippen LogP contribution in [0.25, 0.3) is 0 Å². The summed E-state index contributed by atoms with van der Waals surface area (Å²) in [6.45, 7) is 3.93. The van der Waals surface area contributed by atoms with Gasteiger partial charge in [-0.3, -0.25) is 9.59 Å². The summed E-state index contributed by atoms with van der Waals surface area (Å²) in [5.74, 6) is -1.11. The number of carbonyl (C=O) groups excluding carboxylic acids is 2. The van der Waals surface area contributed by atoms with Crippen molar-refractivity contribution in [3.8, 4) is 0 Å². The van der Waals surface area contributed by atoms with Gasteiger partial charge in [0, 0.05) is 11.7 Å². The number of hydrogen-bond acceptors (Lipinski definition) is 2. The van der Waals surface area contributed by atoms with E-state index in [0.29, 0.717) is 5.69 Å². The van der Waals surface area contributed by atoms with Crippen molar-refractivity contribution in [2.24, 2.45) is 0 Å². The van der Waals surface area contributed by atoms with Gasteiger partial charge in [-0.2, -0.15) is 0 Å². The number of hydrogen-bond donors (Lipinski definition) is 2. The molecule has 2 N–H and O–H groups in total. The monoisotopic (exact) mass is 274 g/mol. The fourth-order valence-corrected chi connectivity index (χ4v) is 2.73. The maximum atomic E-state index is 11.9. The molecule has 1 aromatic rings. The predicted octanol–water partition coefficient (Wildman–Crippen LogP) is 2.69. The largest absolute Gasteiger partial charge is 0.345 e. The number of nitrogens with one attached hydrogen (secondary N) is 2. The van der Waals surface area contributed by atoms with Crippen LogP contribution in [0.15, 0.2) is 18.2 Å². The van der Waals surface area contributed by atoms with Gasteiger partial charge < -0.3 is 10.6 Å². The molecule has 4 nitrogen and oxygen atoms in total. The van der Waals surface area contributed by atoms with Crippen LogP contribution in [0, 0.1) is 13.8 Å². The normalized spacial score (nSPS) is 15.7. The first-order chi connectivity index (χ1) is 9.54. The highest BCUT2D eigenvalue weighted by Crippen LogP contribution is 2.17. The lowest BCUT2D eigenvalue weighted by molar-refractivity contribution is -0.136. The molecule has 0 atom stereocenters. The van der Waals surface area contributed by atoms with Gasteiger partial charge in [-0.25, -0.2) is 0 Å². The van der Waals surface area contributed by atoms with Crippen LogP contribution in [0.2, 0.25) is 0 Å². The van der Waals surface area contributed by atoms with Gasteiger partial charge in [0.25, 0.3) is 0 Å². The van der Waals surface area contributed by atoms with Gasteiger partial charge in [0.15, 0.2) is 0 Å². The van der Waals surface area contributed by atoms with Crippen molar-refractivity contribution >= 4 is 17.5 Å². The molecular formula is C16H22N2O2. The van der Waals surface area contributed by atoms with Crippen molar-refractivity contribution in [3.05, 3.63) is 29.3 Å². The highest BCUT2D eigenvalue weighted by molar-refractivity contribution is 6.39. The number of benzene rings is 1. The first-order valence-corrected chi connectivity index (χ1v) is 7.25. The quantitative estimate of drug-likeness (QED) is 0.815. The van der Waals surface area contributed by atoms with Gasteiger partial charge in [-0.05, 0) is 49.9 Å². The van der Waals surface area contributed by atoms with Crippen LogP contribution in [0.1, 0.15) is 43.2 Å². The zero-order valence-corrected chi connectivity index (χ0v) is 12.2. The van der Waals surface area contributed by atoms with E-state index in [1.807, 2.05) is 32.0 Å². The summed E-state index contributed by atoms with van der Waals surface area (Å²) in [4.78, 5) is 23.7. The third-order valence-corrected chi connectivity index (χ3v) is 3.63. The van der Waals surface area contributed by atoms with Crippen LogP contribution in [0.4, 0.5) is 5.69 Å².